The lowest BCUT2D eigenvalue weighted by molar-refractivity contribution is 0.144. The monoisotopic (exact) mass is 338 g/mol. The number of pyridine rings is 1. The van der Waals surface area contributed by atoms with Gasteiger partial charge in [-0.15, -0.1) is 5.10 Å². The number of ether oxygens (including phenoxy) is 1. The number of anilines is 1. The molecule has 0 aliphatic heterocycles. The van der Waals surface area contributed by atoms with Crippen molar-refractivity contribution >= 4 is 33.6 Å². The number of furan rings is 1. The van der Waals surface area contributed by atoms with Crippen molar-refractivity contribution in [1.29, 1.82) is 0 Å². The molecule has 0 unspecified atom stereocenters. The molecule has 0 aromatic carbocycles. The summed E-state index contributed by atoms with van der Waals surface area (Å²) in [6, 6.07) is 6.17. The number of halogens is 1. The second-order valence-corrected chi connectivity index (χ2v) is 4.57. The first-order chi connectivity index (χ1) is 9.52. The van der Waals surface area contributed by atoms with Gasteiger partial charge in [-0.1, -0.05) is 0 Å². The van der Waals surface area contributed by atoms with E-state index in [1.165, 1.54) is 16.6 Å². The van der Waals surface area contributed by atoms with Crippen LogP contribution < -0.4 is 10.5 Å². The molecule has 0 atom stereocenters. The molecule has 0 bridgehead atoms. The number of hydrogen-bond acceptors (Lipinski definition) is 6. The molecule has 3 rings (SSSR count). The van der Waals surface area contributed by atoms with Crippen LogP contribution in [-0.4, -0.2) is 25.9 Å². The number of nitrogens with two attached hydrogens (primary N) is 1. The van der Waals surface area contributed by atoms with E-state index in [0.717, 1.165) is 0 Å². The van der Waals surface area contributed by atoms with Crippen LogP contribution in [0.3, 0.4) is 0 Å². The van der Waals surface area contributed by atoms with Crippen LogP contribution in [0.4, 0.5) is 10.6 Å². The van der Waals surface area contributed by atoms with Crippen LogP contribution in [0, 0.1) is 0 Å². The lowest BCUT2D eigenvalue weighted by atomic mass is 10.4. The van der Waals surface area contributed by atoms with Crippen molar-refractivity contribution in [3.63, 3.8) is 0 Å². The van der Waals surface area contributed by atoms with Crippen molar-refractivity contribution in [3.8, 4) is 17.3 Å². The molecule has 102 valence electrons. The molecule has 0 saturated heterocycles. The van der Waals surface area contributed by atoms with Crippen LogP contribution in [0.2, 0.25) is 0 Å². The molecule has 0 fully saturated rings. The van der Waals surface area contributed by atoms with Crippen LogP contribution in [-0.2, 0) is 0 Å². The highest BCUT2D eigenvalue weighted by Gasteiger charge is 2.14. The minimum absolute atomic E-state index is 0.0714. The van der Waals surface area contributed by atoms with E-state index in [2.05, 4.69) is 30.7 Å². The van der Waals surface area contributed by atoms with Crippen LogP contribution in [0.1, 0.15) is 0 Å². The van der Waals surface area contributed by atoms with Crippen LogP contribution >= 0.6 is 15.9 Å². The second kappa shape index (κ2) is 4.53. The van der Waals surface area contributed by atoms with Crippen molar-refractivity contribution in [2.24, 2.45) is 0 Å². The normalized spacial score (nSPS) is 10.8. The Hall–Kier alpha value is -2.55. The third kappa shape index (κ3) is 2.18. The summed E-state index contributed by atoms with van der Waals surface area (Å²) in [5, 5.41) is 12.8. The zero-order valence-electron chi connectivity index (χ0n) is 9.78. The molecule has 3 N–H and O–H groups in total. The Labute approximate surface area is 119 Å². The summed E-state index contributed by atoms with van der Waals surface area (Å²) < 4.78 is 11.8. The van der Waals surface area contributed by atoms with Crippen LogP contribution in [0.25, 0.3) is 17.2 Å². The van der Waals surface area contributed by atoms with Gasteiger partial charge in [0.25, 0.3) is 0 Å². The molecular formula is C11H7BrN4O4. The Morgan fingerprint density at radius 2 is 2.25 bits per heavy atom. The Kier molecular flexibility index (Phi) is 2.83. The van der Waals surface area contributed by atoms with Crippen molar-refractivity contribution in [2.45, 2.75) is 0 Å². The Morgan fingerprint density at radius 1 is 1.45 bits per heavy atom. The van der Waals surface area contributed by atoms with Gasteiger partial charge in [0, 0.05) is 12.1 Å². The molecule has 0 radical (unpaired) electrons. The maximum atomic E-state index is 10.5. The topological polar surface area (TPSA) is 116 Å². The highest BCUT2D eigenvalue weighted by atomic mass is 79.9. The van der Waals surface area contributed by atoms with Gasteiger partial charge in [0.2, 0.25) is 5.82 Å². The van der Waals surface area contributed by atoms with Gasteiger partial charge in [0.1, 0.15) is 11.6 Å². The van der Waals surface area contributed by atoms with Crippen molar-refractivity contribution in [2.75, 3.05) is 5.73 Å². The smallest absolute Gasteiger partial charge is 0.449 e. The summed E-state index contributed by atoms with van der Waals surface area (Å²) in [4.78, 5) is 14.7. The lowest BCUT2D eigenvalue weighted by Crippen LogP contribution is -2.05. The molecule has 3 heterocycles. The standard InChI is InChI=1S/C11H7BrN4O4/c12-7-2-1-6(20-7)10-14-9-4-5(19-11(17)18)3-8(13)16(9)15-10/h1-4H,13H2,(H,17,18). The van der Waals surface area contributed by atoms with E-state index in [1.807, 2.05) is 0 Å². The number of carbonyl (C=O) groups is 1. The Morgan fingerprint density at radius 3 is 2.90 bits per heavy atom. The predicted molar refractivity (Wildman–Crippen MR) is 71.5 cm³/mol. The molecule has 9 heteroatoms. The van der Waals surface area contributed by atoms with E-state index in [-0.39, 0.29) is 11.6 Å². The summed E-state index contributed by atoms with van der Waals surface area (Å²) >= 11 is 3.19. The zero-order valence-corrected chi connectivity index (χ0v) is 11.4. The minimum Gasteiger partial charge on any atom is -0.449 e. The molecular weight excluding hydrogens is 332 g/mol. The minimum atomic E-state index is -1.43. The number of hydrogen-bond donors (Lipinski definition) is 2. The summed E-state index contributed by atoms with van der Waals surface area (Å²) in [7, 11) is 0. The second-order valence-electron chi connectivity index (χ2n) is 3.79. The number of rotatable bonds is 2. The largest absolute Gasteiger partial charge is 0.511 e. The number of nitrogen functional groups attached to an aromatic ring is 1. The molecule has 0 aliphatic carbocycles. The van der Waals surface area contributed by atoms with Gasteiger partial charge in [0.05, 0.1) is 0 Å². The molecule has 8 nitrogen and oxygen atoms in total. The molecule has 0 saturated carbocycles. The maximum Gasteiger partial charge on any atom is 0.511 e. The molecule has 20 heavy (non-hydrogen) atoms. The Balaban J connectivity index is 2.10. The third-order valence-electron chi connectivity index (χ3n) is 2.44. The van der Waals surface area contributed by atoms with E-state index >= 15 is 0 Å². The van der Waals surface area contributed by atoms with Crippen molar-refractivity contribution in [3.05, 3.63) is 28.9 Å². The summed E-state index contributed by atoms with van der Waals surface area (Å²) in [6.45, 7) is 0. The maximum absolute atomic E-state index is 10.5. The van der Waals surface area contributed by atoms with Gasteiger partial charge >= 0.3 is 6.16 Å². The third-order valence-corrected chi connectivity index (χ3v) is 2.86. The fourth-order valence-electron chi connectivity index (χ4n) is 1.68. The quantitative estimate of drug-likeness (QED) is 0.689. The van der Waals surface area contributed by atoms with E-state index in [4.69, 9.17) is 15.3 Å². The molecule has 3 aromatic heterocycles. The van der Waals surface area contributed by atoms with Crippen LogP contribution in [0.15, 0.2) is 33.4 Å². The highest BCUT2D eigenvalue weighted by molar-refractivity contribution is 9.10. The average Bonchev–Trinajstić information content (AvgIpc) is 2.94. The SMILES string of the molecule is Nc1cc(OC(=O)O)cc2nc(-c3ccc(Br)o3)nn12. The first-order valence-corrected chi connectivity index (χ1v) is 6.15. The fraction of sp³-hybridized carbons (Fsp3) is 0. The van der Waals surface area contributed by atoms with Gasteiger partial charge < -0.3 is 20.0 Å². The number of nitrogens with zero attached hydrogens (tertiary/aromatic N) is 3. The van der Waals surface area contributed by atoms with E-state index in [1.54, 1.807) is 12.1 Å². The molecule has 0 aliphatic rings. The molecule has 0 spiro atoms. The van der Waals surface area contributed by atoms with Gasteiger partial charge in [-0.05, 0) is 28.1 Å². The van der Waals surface area contributed by atoms with Gasteiger partial charge in [-0.25, -0.2) is 9.78 Å². The highest BCUT2D eigenvalue weighted by Crippen LogP contribution is 2.25. The van der Waals surface area contributed by atoms with E-state index < -0.39 is 6.16 Å². The average molecular weight is 339 g/mol. The van der Waals surface area contributed by atoms with Crippen molar-refractivity contribution < 1.29 is 19.1 Å². The van der Waals surface area contributed by atoms with Crippen LogP contribution in [0.5, 0.6) is 5.75 Å². The van der Waals surface area contributed by atoms with Gasteiger partial charge in [-0.2, -0.15) is 4.52 Å². The van der Waals surface area contributed by atoms with Gasteiger partial charge in [0.15, 0.2) is 16.1 Å². The first kappa shape index (κ1) is 12.5. The number of aromatic nitrogens is 3. The summed E-state index contributed by atoms with van der Waals surface area (Å²) in [5.41, 5.74) is 6.13. The number of carboxylic acid groups (broad SMARTS) is 1. The first-order valence-electron chi connectivity index (χ1n) is 5.36. The summed E-state index contributed by atoms with van der Waals surface area (Å²) in [5.74, 6) is 1.06. The number of fused-ring (bicyclic) bond motifs is 1. The summed E-state index contributed by atoms with van der Waals surface area (Å²) in [6.07, 6.45) is -1.43. The molecule has 3 aromatic rings. The fourth-order valence-corrected chi connectivity index (χ4v) is 1.99. The van der Waals surface area contributed by atoms with E-state index in [0.29, 0.717) is 21.9 Å². The lowest BCUT2D eigenvalue weighted by Gasteiger charge is -2.02. The van der Waals surface area contributed by atoms with Gasteiger partial charge in [-0.3, -0.25) is 0 Å². The predicted octanol–water partition coefficient (Wildman–Crippen LogP) is 2.39. The molecule has 0 amide bonds. The zero-order chi connectivity index (χ0) is 14.3. The Bertz CT molecular complexity index is 810. The van der Waals surface area contributed by atoms with E-state index in [9.17, 15) is 4.79 Å². The van der Waals surface area contributed by atoms with Crippen molar-refractivity contribution in [1.82, 2.24) is 14.6 Å².